The summed E-state index contributed by atoms with van der Waals surface area (Å²) in [4.78, 5) is 17.0. The Morgan fingerprint density at radius 3 is 2.55 bits per heavy atom. The summed E-state index contributed by atoms with van der Waals surface area (Å²) in [7, 11) is 0. The number of piperazine rings is 1. The molecule has 0 saturated carbocycles. The third-order valence-electron chi connectivity index (χ3n) is 5.54. The molecule has 0 radical (unpaired) electrons. The molecule has 0 aromatic heterocycles. The number of aryl methyl sites for hydroxylation is 1. The van der Waals surface area contributed by atoms with E-state index < -0.39 is 0 Å². The van der Waals surface area contributed by atoms with Crippen molar-refractivity contribution in [3.63, 3.8) is 0 Å². The van der Waals surface area contributed by atoms with E-state index >= 15 is 0 Å². The van der Waals surface area contributed by atoms with E-state index in [1.807, 2.05) is 18.2 Å². The molecule has 2 heterocycles. The van der Waals surface area contributed by atoms with Crippen LogP contribution in [0.1, 0.15) is 11.1 Å². The topological polar surface area (TPSA) is 54.0 Å². The van der Waals surface area contributed by atoms with Gasteiger partial charge in [0.25, 0.3) is 0 Å². The first-order valence-corrected chi connectivity index (χ1v) is 10.4. The highest BCUT2D eigenvalue weighted by molar-refractivity contribution is 5.78. The zero-order valence-electron chi connectivity index (χ0n) is 17.0. The smallest absolute Gasteiger partial charge is 0.234 e. The standard InChI is InChI=1S/C23H29N3O3/c1-18-4-2-3-5-20(18)26-12-10-25(11-13-26)17-23(27)24-9-8-19-6-7-21-22(16-19)29-15-14-28-21/h2-7,16H,8-15,17H2,1H3,(H,24,27). The normalized spacial score (nSPS) is 16.5. The van der Waals surface area contributed by atoms with E-state index in [4.69, 9.17) is 9.47 Å². The van der Waals surface area contributed by atoms with Gasteiger partial charge in [-0.2, -0.15) is 0 Å². The first-order valence-electron chi connectivity index (χ1n) is 10.4. The zero-order valence-corrected chi connectivity index (χ0v) is 17.0. The summed E-state index contributed by atoms with van der Waals surface area (Å²) < 4.78 is 11.2. The van der Waals surface area contributed by atoms with Crippen LogP contribution in [0.15, 0.2) is 42.5 Å². The fraction of sp³-hybridized carbons (Fsp3) is 0.435. The average Bonchev–Trinajstić information content (AvgIpc) is 2.75. The van der Waals surface area contributed by atoms with Gasteiger partial charge >= 0.3 is 0 Å². The number of hydrogen-bond acceptors (Lipinski definition) is 5. The van der Waals surface area contributed by atoms with Gasteiger partial charge in [0.1, 0.15) is 13.2 Å². The number of ether oxygens (including phenoxy) is 2. The highest BCUT2D eigenvalue weighted by Crippen LogP contribution is 2.30. The van der Waals surface area contributed by atoms with E-state index in [1.165, 1.54) is 11.3 Å². The van der Waals surface area contributed by atoms with Gasteiger partial charge in [0.05, 0.1) is 6.54 Å². The Bertz CT molecular complexity index is 847. The lowest BCUT2D eigenvalue weighted by molar-refractivity contribution is -0.122. The fourth-order valence-electron chi connectivity index (χ4n) is 3.91. The molecule has 0 unspecified atom stereocenters. The van der Waals surface area contributed by atoms with Gasteiger partial charge in [-0.1, -0.05) is 24.3 Å². The maximum atomic E-state index is 12.3. The predicted octanol–water partition coefficient (Wildman–Crippen LogP) is 2.25. The lowest BCUT2D eigenvalue weighted by atomic mass is 10.1. The molecule has 0 aliphatic carbocycles. The average molecular weight is 396 g/mol. The van der Waals surface area contributed by atoms with Crippen molar-refractivity contribution in [2.24, 2.45) is 0 Å². The molecule has 2 aliphatic rings. The molecular weight excluding hydrogens is 366 g/mol. The second-order valence-electron chi connectivity index (χ2n) is 7.63. The lowest BCUT2D eigenvalue weighted by Gasteiger charge is -2.36. The van der Waals surface area contributed by atoms with E-state index in [0.29, 0.717) is 26.3 Å². The van der Waals surface area contributed by atoms with Gasteiger partial charge in [0, 0.05) is 38.4 Å². The molecule has 6 nitrogen and oxygen atoms in total. The van der Waals surface area contributed by atoms with E-state index in [0.717, 1.165) is 49.7 Å². The lowest BCUT2D eigenvalue weighted by Crippen LogP contribution is -2.49. The van der Waals surface area contributed by atoms with Crippen molar-refractivity contribution in [2.45, 2.75) is 13.3 Å². The highest BCUT2D eigenvalue weighted by Gasteiger charge is 2.20. The molecule has 1 fully saturated rings. The number of amides is 1. The van der Waals surface area contributed by atoms with Crippen LogP contribution in [-0.2, 0) is 11.2 Å². The maximum absolute atomic E-state index is 12.3. The summed E-state index contributed by atoms with van der Waals surface area (Å²) in [6, 6.07) is 14.5. The summed E-state index contributed by atoms with van der Waals surface area (Å²) >= 11 is 0. The van der Waals surface area contributed by atoms with Crippen LogP contribution in [0, 0.1) is 6.92 Å². The van der Waals surface area contributed by atoms with Crippen LogP contribution in [0.2, 0.25) is 0 Å². The van der Waals surface area contributed by atoms with Crippen LogP contribution in [0.4, 0.5) is 5.69 Å². The molecule has 6 heteroatoms. The van der Waals surface area contributed by atoms with Crippen LogP contribution < -0.4 is 19.7 Å². The molecule has 0 atom stereocenters. The number of nitrogens with one attached hydrogen (secondary N) is 1. The van der Waals surface area contributed by atoms with Crippen LogP contribution in [0.3, 0.4) is 0 Å². The first kappa shape index (κ1) is 19.6. The number of carbonyl (C=O) groups excluding carboxylic acids is 1. The quantitative estimate of drug-likeness (QED) is 0.813. The van der Waals surface area contributed by atoms with Gasteiger partial charge in [-0.25, -0.2) is 0 Å². The molecular formula is C23H29N3O3. The number of benzene rings is 2. The summed E-state index contributed by atoms with van der Waals surface area (Å²) in [5, 5.41) is 3.04. The van der Waals surface area contributed by atoms with Crippen LogP contribution in [0.5, 0.6) is 11.5 Å². The predicted molar refractivity (Wildman–Crippen MR) is 114 cm³/mol. The largest absolute Gasteiger partial charge is 0.486 e. The summed E-state index contributed by atoms with van der Waals surface area (Å²) in [6.07, 6.45) is 0.781. The van der Waals surface area contributed by atoms with E-state index in [2.05, 4.69) is 46.3 Å². The molecule has 1 saturated heterocycles. The molecule has 2 aliphatic heterocycles. The number of nitrogens with zero attached hydrogens (tertiary/aromatic N) is 2. The molecule has 1 amide bonds. The maximum Gasteiger partial charge on any atom is 0.234 e. The van der Waals surface area contributed by atoms with Crippen molar-refractivity contribution < 1.29 is 14.3 Å². The Morgan fingerprint density at radius 1 is 1.00 bits per heavy atom. The molecule has 29 heavy (non-hydrogen) atoms. The Kier molecular flexibility index (Phi) is 6.20. The molecule has 2 aromatic carbocycles. The van der Waals surface area contributed by atoms with Crippen molar-refractivity contribution in [3.05, 3.63) is 53.6 Å². The Hall–Kier alpha value is -2.73. The molecule has 0 bridgehead atoms. The van der Waals surface area contributed by atoms with Gasteiger partial charge in [0.15, 0.2) is 11.5 Å². The van der Waals surface area contributed by atoms with Crippen LogP contribution >= 0.6 is 0 Å². The SMILES string of the molecule is Cc1ccccc1N1CCN(CC(=O)NCCc2ccc3c(c2)OCCO3)CC1. The van der Waals surface area contributed by atoms with Gasteiger partial charge in [-0.05, 0) is 42.7 Å². The fourth-order valence-corrected chi connectivity index (χ4v) is 3.91. The number of fused-ring (bicyclic) bond motifs is 1. The minimum Gasteiger partial charge on any atom is -0.486 e. The number of carbonyl (C=O) groups is 1. The van der Waals surface area contributed by atoms with E-state index in [-0.39, 0.29) is 5.91 Å². The summed E-state index contributed by atoms with van der Waals surface area (Å²) in [5.41, 5.74) is 3.75. The Morgan fingerprint density at radius 2 is 1.76 bits per heavy atom. The second kappa shape index (κ2) is 9.18. The molecule has 0 spiro atoms. The third kappa shape index (κ3) is 5.01. The van der Waals surface area contributed by atoms with Gasteiger partial charge < -0.3 is 19.7 Å². The van der Waals surface area contributed by atoms with E-state index in [9.17, 15) is 4.79 Å². The number of rotatable bonds is 6. The zero-order chi connectivity index (χ0) is 20.1. The highest BCUT2D eigenvalue weighted by atomic mass is 16.6. The summed E-state index contributed by atoms with van der Waals surface area (Å²) in [6.45, 7) is 8.14. The van der Waals surface area contributed by atoms with Crippen LogP contribution in [-0.4, -0.2) is 63.3 Å². The minimum absolute atomic E-state index is 0.0897. The molecule has 1 N–H and O–H groups in total. The van der Waals surface area contributed by atoms with Gasteiger partial charge in [0.2, 0.25) is 5.91 Å². The van der Waals surface area contributed by atoms with Crippen molar-refractivity contribution in [2.75, 3.05) is 57.4 Å². The Balaban J connectivity index is 1.18. The van der Waals surface area contributed by atoms with Crippen molar-refractivity contribution >= 4 is 11.6 Å². The number of para-hydroxylation sites is 1. The van der Waals surface area contributed by atoms with Crippen molar-refractivity contribution in [1.29, 1.82) is 0 Å². The number of anilines is 1. The second-order valence-corrected chi connectivity index (χ2v) is 7.63. The third-order valence-corrected chi connectivity index (χ3v) is 5.54. The van der Waals surface area contributed by atoms with Crippen molar-refractivity contribution in [1.82, 2.24) is 10.2 Å². The Labute approximate surface area is 172 Å². The monoisotopic (exact) mass is 395 g/mol. The first-order chi connectivity index (χ1) is 14.2. The summed E-state index contributed by atoms with van der Waals surface area (Å²) in [5.74, 6) is 1.69. The van der Waals surface area contributed by atoms with Crippen LogP contribution in [0.25, 0.3) is 0 Å². The minimum atomic E-state index is 0.0897. The van der Waals surface area contributed by atoms with Gasteiger partial charge in [-0.15, -0.1) is 0 Å². The van der Waals surface area contributed by atoms with Gasteiger partial charge in [-0.3, -0.25) is 9.69 Å². The van der Waals surface area contributed by atoms with Crippen molar-refractivity contribution in [3.8, 4) is 11.5 Å². The molecule has 4 rings (SSSR count). The molecule has 154 valence electrons. The van der Waals surface area contributed by atoms with E-state index in [1.54, 1.807) is 0 Å². The number of hydrogen-bond donors (Lipinski definition) is 1. The molecule has 2 aromatic rings.